The smallest absolute Gasteiger partial charge is 0.120 e. The number of nitrogens with two attached hydrogens (primary N) is 1. The molecule has 128 valence electrons. The summed E-state index contributed by atoms with van der Waals surface area (Å²) in [5, 5.41) is 1.64. The zero-order chi connectivity index (χ0) is 17.8. The summed E-state index contributed by atoms with van der Waals surface area (Å²) in [4.78, 5) is 0. The van der Waals surface area contributed by atoms with Crippen molar-refractivity contribution in [1.82, 2.24) is 0 Å². The SMILES string of the molecule is Cc1ccc(OCc2c(C)cccc2N(C)N)cc1-c1ccccc1. The van der Waals surface area contributed by atoms with E-state index in [0.29, 0.717) is 6.61 Å². The Morgan fingerprint density at radius 2 is 1.64 bits per heavy atom. The molecular weight excluding hydrogens is 308 g/mol. The van der Waals surface area contributed by atoms with E-state index in [4.69, 9.17) is 10.6 Å². The lowest BCUT2D eigenvalue weighted by Gasteiger charge is -2.19. The molecule has 2 N–H and O–H groups in total. The Bertz CT molecular complexity index is 857. The average Bonchev–Trinajstić information content (AvgIpc) is 2.62. The summed E-state index contributed by atoms with van der Waals surface area (Å²) in [6, 6.07) is 22.7. The van der Waals surface area contributed by atoms with E-state index < -0.39 is 0 Å². The van der Waals surface area contributed by atoms with Crippen LogP contribution in [0.25, 0.3) is 11.1 Å². The molecule has 0 saturated heterocycles. The maximum absolute atomic E-state index is 6.10. The van der Waals surface area contributed by atoms with Gasteiger partial charge in [0.05, 0.1) is 5.69 Å². The molecule has 25 heavy (non-hydrogen) atoms. The maximum Gasteiger partial charge on any atom is 0.120 e. The van der Waals surface area contributed by atoms with Crippen LogP contribution in [0.1, 0.15) is 16.7 Å². The fourth-order valence-electron chi connectivity index (χ4n) is 2.98. The first-order chi connectivity index (χ1) is 12.1. The molecule has 0 spiro atoms. The molecule has 0 fully saturated rings. The lowest BCUT2D eigenvalue weighted by Crippen LogP contribution is -2.26. The molecule has 0 unspecified atom stereocenters. The minimum Gasteiger partial charge on any atom is -0.489 e. The van der Waals surface area contributed by atoms with Crippen molar-refractivity contribution in [3.63, 3.8) is 0 Å². The molecular formula is C22H24N2O. The highest BCUT2D eigenvalue weighted by Crippen LogP contribution is 2.29. The van der Waals surface area contributed by atoms with Crippen LogP contribution in [0.5, 0.6) is 5.75 Å². The Hall–Kier alpha value is -2.78. The van der Waals surface area contributed by atoms with Gasteiger partial charge in [-0.15, -0.1) is 0 Å². The third-order valence-corrected chi connectivity index (χ3v) is 4.44. The van der Waals surface area contributed by atoms with E-state index in [2.05, 4.69) is 56.3 Å². The molecule has 3 heteroatoms. The highest BCUT2D eigenvalue weighted by molar-refractivity contribution is 5.68. The number of nitrogens with zero attached hydrogens (tertiary/aromatic N) is 1. The number of ether oxygens (including phenoxy) is 1. The van der Waals surface area contributed by atoms with E-state index in [9.17, 15) is 0 Å². The van der Waals surface area contributed by atoms with Gasteiger partial charge < -0.3 is 9.75 Å². The van der Waals surface area contributed by atoms with Crippen LogP contribution in [0.15, 0.2) is 66.7 Å². The number of hydrogen-bond donors (Lipinski definition) is 1. The Morgan fingerprint density at radius 3 is 2.36 bits per heavy atom. The predicted molar refractivity (Wildman–Crippen MR) is 105 cm³/mol. The molecule has 0 aliphatic heterocycles. The number of aryl methyl sites for hydroxylation is 2. The number of benzene rings is 3. The quantitative estimate of drug-likeness (QED) is 0.536. The first-order valence-corrected chi connectivity index (χ1v) is 8.42. The van der Waals surface area contributed by atoms with Crippen LogP contribution in [0, 0.1) is 13.8 Å². The Labute approximate surface area is 149 Å². The number of hydrazine groups is 1. The third kappa shape index (κ3) is 3.83. The minimum atomic E-state index is 0.487. The number of hydrogen-bond acceptors (Lipinski definition) is 3. The maximum atomic E-state index is 6.10. The zero-order valence-electron chi connectivity index (χ0n) is 15.0. The summed E-state index contributed by atoms with van der Waals surface area (Å²) in [5.41, 5.74) is 6.88. The van der Waals surface area contributed by atoms with Crippen LogP contribution >= 0.6 is 0 Å². The Balaban J connectivity index is 1.86. The van der Waals surface area contributed by atoms with E-state index in [0.717, 1.165) is 17.0 Å². The molecule has 0 amide bonds. The van der Waals surface area contributed by atoms with Crippen molar-refractivity contribution in [3.05, 3.63) is 83.4 Å². The molecule has 0 atom stereocenters. The fourth-order valence-corrected chi connectivity index (χ4v) is 2.98. The fraction of sp³-hybridized carbons (Fsp3) is 0.182. The largest absolute Gasteiger partial charge is 0.489 e. The molecule has 3 aromatic rings. The van der Waals surface area contributed by atoms with Crippen LogP contribution in [0.2, 0.25) is 0 Å². The van der Waals surface area contributed by atoms with Crippen molar-refractivity contribution in [3.8, 4) is 16.9 Å². The minimum absolute atomic E-state index is 0.487. The van der Waals surface area contributed by atoms with Crippen LogP contribution in [-0.4, -0.2) is 7.05 Å². The number of anilines is 1. The summed E-state index contributed by atoms with van der Waals surface area (Å²) in [6.07, 6.45) is 0. The van der Waals surface area contributed by atoms with Crippen molar-refractivity contribution < 1.29 is 4.74 Å². The molecule has 0 radical (unpaired) electrons. The highest BCUT2D eigenvalue weighted by atomic mass is 16.5. The monoisotopic (exact) mass is 332 g/mol. The van der Waals surface area contributed by atoms with Crippen LogP contribution < -0.4 is 15.6 Å². The van der Waals surface area contributed by atoms with Crippen molar-refractivity contribution in [2.75, 3.05) is 12.1 Å². The van der Waals surface area contributed by atoms with E-state index in [1.165, 1.54) is 22.3 Å². The van der Waals surface area contributed by atoms with Gasteiger partial charge in [-0.25, -0.2) is 5.84 Å². The summed E-state index contributed by atoms with van der Waals surface area (Å²) in [7, 11) is 1.84. The summed E-state index contributed by atoms with van der Waals surface area (Å²) in [6.45, 7) is 4.69. The predicted octanol–water partition coefficient (Wildman–Crippen LogP) is 4.86. The zero-order valence-corrected chi connectivity index (χ0v) is 15.0. The summed E-state index contributed by atoms with van der Waals surface area (Å²) < 4.78 is 6.10. The molecule has 0 saturated carbocycles. The average molecular weight is 332 g/mol. The molecule has 0 bridgehead atoms. The van der Waals surface area contributed by atoms with E-state index in [-0.39, 0.29) is 0 Å². The Kier molecular flexibility index (Phi) is 5.05. The van der Waals surface area contributed by atoms with Gasteiger partial charge in [-0.05, 0) is 54.3 Å². The second-order valence-corrected chi connectivity index (χ2v) is 6.31. The standard InChI is InChI=1S/C22H24N2O/c1-16-8-7-11-22(24(3)23)21(16)15-25-19-13-12-17(2)20(14-19)18-9-5-4-6-10-18/h4-14H,15,23H2,1-3H3. The van der Waals surface area contributed by atoms with Crippen molar-refractivity contribution in [2.45, 2.75) is 20.5 Å². The second kappa shape index (κ2) is 7.41. The van der Waals surface area contributed by atoms with E-state index >= 15 is 0 Å². The molecule has 0 heterocycles. The first kappa shape index (κ1) is 17.1. The van der Waals surface area contributed by atoms with Gasteiger partial charge in [0.1, 0.15) is 12.4 Å². The summed E-state index contributed by atoms with van der Waals surface area (Å²) in [5.74, 6) is 6.81. The second-order valence-electron chi connectivity index (χ2n) is 6.31. The Morgan fingerprint density at radius 1 is 0.880 bits per heavy atom. The van der Waals surface area contributed by atoms with E-state index in [1.807, 2.05) is 31.3 Å². The molecule has 0 aromatic heterocycles. The van der Waals surface area contributed by atoms with Gasteiger partial charge >= 0.3 is 0 Å². The van der Waals surface area contributed by atoms with Crippen LogP contribution in [-0.2, 0) is 6.61 Å². The van der Waals surface area contributed by atoms with Crippen LogP contribution in [0.3, 0.4) is 0 Å². The summed E-state index contributed by atoms with van der Waals surface area (Å²) >= 11 is 0. The van der Waals surface area contributed by atoms with Gasteiger partial charge in [0.25, 0.3) is 0 Å². The lowest BCUT2D eigenvalue weighted by atomic mass is 10.0. The van der Waals surface area contributed by atoms with Gasteiger partial charge in [-0.3, -0.25) is 0 Å². The van der Waals surface area contributed by atoms with Gasteiger partial charge in [0, 0.05) is 12.6 Å². The molecule has 0 aliphatic carbocycles. The van der Waals surface area contributed by atoms with Gasteiger partial charge in [-0.2, -0.15) is 0 Å². The van der Waals surface area contributed by atoms with E-state index in [1.54, 1.807) is 5.01 Å². The molecule has 3 aromatic carbocycles. The van der Waals surface area contributed by atoms with Crippen molar-refractivity contribution in [1.29, 1.82) is 0 Å². The molecule has 3 rings (SSSR count). The molecule has 3 nitrogen and oxygen atoms in total. The number of rotatable bonds is 5. The van der Waals surface area contributed by atoms with Gasteiger partial charge in [0.2, 0.25) is 0 Å². The highest BCUT2D eigenvalue weighted by Gasteiger charge is 2.10. The third-order valence-electron chi connectivity index (χ3n) is 4.44. The molecule has 0 aliphatic rings. The van der Waals surface area contributed by atoms with Gasteiger partial charge in [-0.1, -0.05) is 48.5 Å². The van der Waals surface area contributed by atoms with Gasteiger partial charge in [0.15, 0.2) is 0 Å². The topological polar surface area (TPSA) is 38.5 Å². The van der Waals surface area contributed by atoms with Crippen molar-refractivity contribution >= 4 is 5.69 Å². The van der Waals surface area contributed by atoms with Crippen LogP contribution in [0.4, 0.5) is 5.69 Å². The normalized spacial score (nSPS) is 10.6. The first-order valence-electron chi connectivity index (χ1n) is 8.42. The lowest BCUT2D eigenvalue weighted by molar-refractivity contribution is 0.305. The van der Waals surface area contributed by atoms with Crippen molar-refractivity contribution in [2.24, 2.45) is 5.84 Å².